The van der Waals surface area contributed by atoms with E-state index in [4.69, 9.17) is 0 Å². The molecule has 1 rings (SSSR count). The summed E-state index contributed by atoms with van der Waals surface area (Å²) in [4.78, 5) is -0.119. The minimum absolute atomic E-state index is 0.119. The third-order valence-corrected chi connectivity index (χ3v) is 5.97. The zero-order chi connectivity index (χ0) is 17.2. The van der Waals surface area contributed by atoms with Gasteiger partial charge in [-0.25, -0.2) is 0 Å². The summed E-state index contributed by atoms with van der Waals surface area (Å²) >= 11 is 13.5. The van der Waals surface area contributed by atoms with Crippen LogP contribution in [0.25, 0.3) is 0 Å². The van der Waals surface area contributed by atoms with Gasteiger partial charge in [-0.15, -0.1) is 0 Å². The van der Waals surface area contributed by atoms with Gasteiger partial charge in [0.15, 0.2) is 0 Å². The number of phenolic OH excluding ortho intramolecular Hbond substituents is 1. The number of hydrogen-bond donors (Lipinski definition) is 2. The fourth-order valence-corrected chi connectivity index (χ4v) is 4.22. The fraction of sp³-hybridized carbons (Fsp3) is 0.375. The Bertz CT molecular complexity index is 608. The summed E-state index contributed by atoms with van der Waals surface area (Å²) in [5.41, 5.74) is 1.85. The number of benzene rings is 1. The molecule has 1 atom stereocenters. The Hall–Kier alpha value is 0.220. The highest BCUT2D eigenvalue weighted by molar-refractivity contribution is 9.12. The third kappa shape index (κ3) is 4.62. The number of phenols is 1. The molecule has 2 N–H and O–H groups in total. The van der Waals surface area contributed by atoms with Gasteiger partial charge in [0.25, 0.3) is 0 Å². The Balaban J connectivity index is 3.32. The molecule has 122 valence electrons. The van der Waals surface area contributed by atoms with Gasteiger partial charge in [0.2, 0.25) is 0 Å². The monoisotopic (exact) mass is 558 g/mol. The average molecular weight is 562 g/mol. The van der Waals surface area contributed by atoms with E-state index in [1.165, 1.54) is 0 Å². The molecule has 2 nitrogen and oxygen atoms in total. The summed E-state index contributed by atoms with van der Waals surface area (Å²) in [6, 6.07) is 3.81. The van der Waals surface area contributed by atoms with Gasteiger partial charge in [0.1, 0.15) is 11.5 Å². The lowest BCUT2D eigenvalue weighted by Crippen LogP contribution is -2.19. The standard InChI is InChI=1S/C16H18Br4O2/c1-8(5-11(18)14(21)9(2)17)16(3,4)10-6-12(19)15(22)13(20)7-10/h5-7,9,21-22H,1-4H3/b8-5+,14-11-. The zero-order valence-electron chi connectivity index (χ0n) is 12.7. The van der Waals surface area contributed by atoms with Crippen LogP contribution < -0.4 is 0 Å². The van der Waals surface area contributed by atoms with E-state index in [9.17, 15) is 10.2 Å². The van der Waals surface area contributed by atoms with Crippen LogP contribution in [0.1, 0.15) is 33.3 Å². The Labute approximate surface area is 165 Å². The molecule has 0 aliphatic carbocycles. The van der Waals surface area contributed by atoms with Crippen LogP contribution in [0.3, 0.4) is 0 Å². The van der Waals surface area contributed by atoms with Gasteiger partial charge >= 0.3 is 0 Å². The second kappa shape index (κ2) is 7.86. The van der Waals surface area contributed by atoms with Crippen molar-refractivity contribution < 1.29 is 10.2 Å². The minimum atomic E-state index is -0.270. The molecule has 0 aliphatic rings. The molecular formula is C16H18Br4O2. The second-order valence-electron chi connectivity index (χ2n) is 5.59. The number of allylic oxidation sites excluding steroid dienone is 4. The lowest BCUT2D eigenvalue weighted by molar-refractivity contribution is 0.399. The molecule has 0 heterocycles. The summed E-state index contributed by atoms with van der Waals surface area (Å²) in [7, 11) is 0. The fourth-order valence-electron chi connectivity index (χ4n) is 1.79. The van der Waals surface area contributed by atoms with E-state index in [1.54, 1.807) is 0 Å². The first-order valence-corrected chi connectivity index (χ1v) is 9.88. The maximum Gasteiger partial charge on any atom is 0.143 e. The number of aliphatic hydroxyl groups excluding tert-OH is 1. The molecule has 0 aliphatic heterocycles. The average Bonchev–Trinajstić information content (AvgIpc) is 2.42. The summed E-state index contributed by atoms with van der Waals surface area (Å²) < 4.78 is 1.94. The molecule has 0 spiro atoms. The highest BCUT2D eigenvalue weighted by atomic mass is 79.9. The molecule has 0 aromatic heterocycles. The van der Waals surface area contributed by atoms with Gasteiger partial charge in [-0.05, 0) is 85.4 Å². The summed E-state index contributed by atoms with van der Waals surface area (Å²) in [5, 5.41) is 19.9. The molecule has 0 amide bonds. The molecule has 1 unspecified atom stereocenters. The summed E-state index contributed by atoms with van der Waals surface area (Å²) in [6.45, 7) is 8.07. The van der Waals surface area contributed by atoms with Crippen molar-refractivity contribution in [3.8, 4) is 5.75 Å². The molecule has 1 aromatic carbocycles. The highest BCUT2D eigenvalue weighted by Crippen LogP contribution is 2.40. The Kier molecular flexibility index (Phi) is 7.24. The van der Waals surface area contributed by atoms with Crippen molar-refractivity contribution >= 4 is 63.7 Å². The zero-order valence-corrected chi connectivity index (χ0v) is 19.1. The quantitative estimate of drug-likeness (QED) is 0.234. The SMILES string of the molecule is C/C(=C\C(Br)=C(\O)C(C)Br)C(C)(C)c1cc(Br)c(O)c(Br)c1. The van der Waals surface area contributed by atoms with Crippen LogP contribution >= 0.6 is 63.7 Å². The van der Waals surface area contributed by atoms with Gasteiger partial charge in [-0.2, -0.15) is 0 Å². The third-order valence-electron chi connectivity index (χ3n) is 3.69. The molecule has 0 radical (unpaired) electrons. The van der Waals surface area contributed by atoms with Gasteiger partial charge < -0.3 is 10.2 Å². The summed E-state index contributed by atoms with van der Waals surface area (Å²) in [5.74, 6) is 0.441. The van der Waals surface area contributed by atoms with Crippen molar-refractivity contribution in [3.63, 3.8) is 0 Å². The van der Waals surface area contributed by atoms with Crippen LogP contribution in [0.2, 0.25) is 0 Å². The first kappa shape index (κ1) is 20.3. The lowest BCUT2D eigenvalue weighted by Gasteiger charge is -2.27. The maximum atomic E-state index is 10.00. The van der Waals surface area contributed by atoms with Gasteiger partial charge in [0.05, 0.1) is 18.3 Å². The van der Waals surface area contributed by atoms with Crippen LogP contribution in [-0.2, 0) is 5.41 Å². The van der Waals surface area contributed by atoms with Gasteiger partial charge in [-0.1, -0.05) is 35.4 Å². The number of hydrogen-bond acceptors (Lipinski definition) is 2. The maximum absolute atomic E-state index is 10.00. The number of aromatic hydroxyl groups is 1. The van der Waals surface area contributed by atoms with Crippen LogP contribution in [0, 0.1) is 0 Å². The van der Waals surface area contributed by atoms with Gasteiger partial charge in [0, 0.05) is 5.41 Å². The van der Waals surface area contributed by atoms with E-state index < -0.39 is 0 Å². The molecule has 0 saturated heterocycles. The van der Waals surface area contributed by atoms with Crippen molar-refractivity contribution in [1.29, 1.82) is 0 Å². The van der Waals surface area contributed by atoms with Crippen molar-refractivity contribution in [1.82, 2.24) is 0 Å². The molecule has 22 heavy (non-hydrogen) atoms. The highest BCUT2D eigenvalue weighted by Gasteiger charge is 2.25. The Morgan fingerprint density at radius 1 is 1.23 bits per heavy atom. The number of aliphatic hydroxyl groups is 1. The second-order valence-corrected chi connectivity index (χ2v) is 9.53. The molecule has 1 aromatic rings. The number of halogens is 4. The predicted octanol–water partition coefficient (Wildman–Crippen LogP) is 7.09. The van der Waals surface area contributed by atoms with E-state index >= 15 is 0 Å². The van der Waals surface area contributed by atoms with E-state index in [-0.39, 0.29) is 21.8 Å². The Morgan fingerprint density at radius 2 is 1.68 bits per heavy atom. The van der Waals surface area contributed by atoms with Gasteiger partial charge in [-0.3, -0.25) is 0 Å². The van der Waals surface area contributed by atoms with E-state index in [1.807, 2.05) is 32.1 Å². The first-order chi connectivity index (χ1) is 9.98. The molecule has 0 fully saturated rings. The topological polar surface area (TPSA) is 40.5 Å². The van der Waals surface area contributed by atoms with Crippen LogP contribution in [0.5, 0.6) is 5.75 Å². The molecule has 6 heteroatoms. The van der Waals surface area contributed by atoms with E-state index in [2.05, 4.69) is 77.6 Å². The smallest absolute Gasteiger partial charge is 0.143 e. The van der Waals surface area contributed by atoms with E-state index in [0.29, 0.717) is 13.4 Å². The first-order valence-electron chi connectivity index (χ1n) is 6.58. The van der Waals surface area contributed by atoms with Crippen LogP contribution in [0.4, 0.5) is 0 Å². The predicted molar refractivity (Wildman–Crippen MR) is 107 cm³/mol. The molecule has 0 bridgehead atoms. The number of rotatable bonds is 4. The van der Waals surface area contributed by atoms with Crippen molar-refractivity contribution in [2.75, 3.05) is 0 Å². The lowest BCUT2D eigenvalue weighted by atomic mass is 9.78. The Morgan fingerprint density at radius 3 is 2.09 bits per heavy atom. The van der Waals surface area contributed by atoms with Crippen molar-refractivity contribution in [3.05, 3.63) is 48.5 Å². The molecule has 0 saturated carbocycles. The largest absolute Gasteiger partial charge is 0.510 e. The van der Waals surface area contributed by atoms with E-state index in [0.717, 1.165) is 11.1 Å². The molecular weight excluding hydrogens is 544 g/mol. The van der Waals surface area contributed by atoms with Crippen molar-refractivity contribution in [2.45, 2.75) is 37.9 Å². The van der Waals surface area contributed by atoms with Crippen molar-refractivity contribution in [2.24, 2.45) is 0 Å². The van der Waals surface area contributed by atoms with Crippen LogP contribution in [0.15, 0.2) is 43.0 Å². The normalized spacial score (nSPS) is 15.5. The summed E-state index contributed by atoms with van der Waals surface area (Å²) in [6.07, 6.45) is 1.92. The number of alkyl halides is 1. The van der Waals surface area contributed by atoms with Crippen LogP contribution in [-0.4, -0.2) is 15.0 Å². The minimum Gasteiger partial charge on any atom is -0.510 e.